The molecule has 0 fully saturated rings. The van der Waals surface area contributed by atoms with E-state index in [1.807, 2.05) is 23.6 Å². The van der Waals surface area contributed by atoms with Gasteiger partial charge < -0.3 is 5.32 Å². The van der Waals surface area contributed by atoms with Crippen molar-refractivity contribution < 1.29 is 0 Å². The first-order chi connectivity index (χ1) is 10.3. The lowest BCUT2D eigenvalue weighted by Gasteiger charge is -2.20. The average Bonchev–Trinajstić information content (AvgIpc) is 2.94. The second-order valence-electron chi connectivity index (χ2n) is 5.27. The quantitative estimate of drug-likeness (QED) is 0.738. The molecular weight excluding hydrogens is 276 g/mol. The van der Waals surface area contributed by atoms with Crippen LogP contribution in [0.1, 0.15) is 35.4 Å². The number of thiophene rings is 1. The summed E-state index contributed by atoms with van der Waals surface area (Å²) in [6, 6.07) is 13.0. The summed E-state index contributed by atoms with van der Waals surface area (Å²) in [5, 5.41) is 7.12. The molecule has 0 radical (unpaired) electrons. The van der Waals surface area contributed by atoms with E-state index < -0.39 is 0 Å². The van der Waals surface area contributed by atoms with E-state index in [2.05, 4.69) is 59.9 Å². The van der Waals surface area contributed by atoms with Gasteiger partial charge in [0.25, 0.3) is 0 Å². The van der Waals surface area contributed by atoms with Gasteiger partial charge in [-0.15, -0.1) is 11.3 Å². The van der Waals surface area contributed by atoms with Gasteiger partial charge in [-0.1, -0.05) is 25.1 Å². The second-order valence-corrected chi connectivity index (χ2v) is 6.22. The summed E-state index contributed by atoms with van der Waals surface area (Å²) in [6.45, 7) is 5.41. The van der Waals surface area contributed by atoms with Gasteiger partial charge in [0.15, 0.2) is 0 Å². The monoisotopic (exact) mass is 296 g/mol. The van der Waals surface area contributed by atoms with Crippen molar-refractivity contribution in [1.82, 2.24) is 10.3 Å². The van der Waals surface area contributed by atoms with Crippen LogP contribution in [0.5, 0.6) is 0 Å². The minimum Gasteiger partial charge on any atom is -0.306 e. The molecule has 0 aliphatic heterocycles. The van der Waals surface area contributed by atoms with Gasteiger partial charge in [0.1, 0.15) is 0 Å². The largest absolute Gasteiger partial charge is 0.306 e. The van der Waals surface area contributed by atoms with Crippen LogP contribution in [-0.2, 0) is 0 Å². The van der Waals surface area contributed by atoms with E-state index in [9.17, 15) is 0 Å². The molecule has 1 N–H and O–H groups in total. The van der Waals surface area contributed by atoms with E-state index >= 15 is 0 Å². The van der Waals surface area contributed by atoms with Crippen molar-refractivity contribution in [3.63, 3.8) is 0 Å². The van der Waals surface area contributed by atoms with Crippen molar-refractivity contribution >= 4 is 22.2 Å². The van der Waals surface area contributed by atoms with E-state index in [0.29, 0.717) is 0 Å². The Morgan fingerprint density at radius 2 is 2.10 bits per heavy atom. The zero-order chi connectivity index (χ0) is 14.7. The van der Waals surface area contributed by atoms with Crippen LogP contribution in [0.15, 0.2) is 48.0 Å². The molecule has 0 aliphatic carbocycles. The summed E-state index contributed by atoms with van der Waals surface area (Å²) in [5.41, 5.74) is 3.74. The number of fused-ring (bicyclic) bond motifs is 1. The molecule has 2 aromatic heterocycles. The Morgan fingerprint density at radius 1 is 1.19 bits per heavy atom. The minimum atomic E-state index is 0.248. The molecule has 1 atom stereocenters. The van der Waals surface area contributed by atoms with Crippen molar-refractivity contribution in [1.29, 1.82) is 0 Å². The normalized spacial score (nSPS) is 12.7. The Balaban J connectivity index is 2.12. The second kappa shape index (κ2) is 6.37. The summed E-state index contributed by atoms with van der Waals surface area (Å²) in [7, 11) is 0. The van der Waals surface area contributed by atoms with Crippen LogP contribution in [0.3, 0.4) is 0 Å². The zero-order valence-electron chi connectivity index (χ0n) is 12.5. The molecular formula is C18H20N2S. The topological polar surface area (TPSA) is 24.9 Å². The van der Waals surface area contributed by atoms with Gasteiger partial charge in [0.2, 0.25) is 0 Å². The fourth-order valence-electron chi connectivity index (χ4n) is 2.69. The number of hydrogen-bond acceptors (Lipinski definition) is 3. The third-order valence-corrected chi connectivity index (χ3v) is 4.84. The van der Waals surface area contributed by atoms with Crippen molar-refractivity contribution in [3.8, 4) is 0 Å². The maximum Gasteiger partial charge on any atom is 0.0705 e. The summed E-state index contributed by atoms with van der Waals surface area (Å²) in [4.78, 5) is 5.89. The Morgan fingerprint density at radius 3 is 2.86 bits per heavy atom. The fourth-order valence-corrected chi connectivity index (χ4v) is 3.71. The first kappa shape index (κ1) is 14.2. The molecule has 3 aromatic rings. The summed E-state index contributed by atoms with van der Waals surface area (Å²) in [5.74, 6) is 0. The van der Waals surface area contributed by atoms with E-state index in [0.717, 1.165) is 18.5 Å². The Bertz CT molecular complexity index is 727. The van der Waals surface area contributed by atoms with Crippen molar-refractivity contribution in [2.24, 2.45) is 0 Å². The minimum absolute atomic E-state index is 0.248. The molecule has 0 aliphatic rings. The lowest BCUT2D eigenvalue weighted by molar-refractivity contribution is 0.607. The Kier molecular flexibility index (Phi) is 4.32. The van der Waals surface area contributed by atoms with Gasteiger partial charge in [-0.05, 0) is 54.6 Å². The number of aryl methyl sites for hydroxylation is 1. The van der Waals surface area contributed by atoms with Crippen LogP contribution in [0, 0.1) is 6.92 Å². The fraction of sp³-hybridized carbons (Fsp3) is 0.278. The predicted molar refractivity (Wildman–Crippen MR) is 90.9 cm³/mol. The van der Waals surface area contributed by atoms with Crippen LogP contribution in [0.4, 0.5) is 0 Å². The van der Waals surface area contributed by atoms with Gasteiger partial charge >= 0.3 is 0 Å². The van der Waals surface area contributed by atoms with Gasteiger partial charge in [-0.3, -0.25) is 4.98 Å². The average molecular weight is 296 g/mol. The highest BCUT2D eigenvalue weighted by Gasteiger charge is 2.18. The SMILES string of the molecule is CCCNC(c1sccc1C)c1cccc2ncccc12. The van der Waals surface area contributed by atoms with Crippen LogP contribution in [0.25, 0.3) is 10.9 Å². The molecule has 2 nitrogen and oxygen atoms in total. The lowest BCUT2D eigenvalue weighted by atomic mass is 9.98. The molecule has 0 spiro atoms. The van der Waals surface area contributed by atoms with Crippen LogP contribution in [-0.4, -0.2) is 11.5 Å². The molecule has 0 amide bonds. The molecule has 2 heterocycles. The van der Waals surface area contributed by atoms with Crippen molar-refractivity contribution in [2.45, 2.75) is 26.3 Å². The number of hydrogen-bond donors (Lipinski definition) is 1. The van der Waals surface area contributed by atoms with Crippen LogP contribution in [0.2, 0.25) is 0 Å². The predicted octanol–water partition coefficient (Wildman–Crippen LogP) is 4.69. The van der Waals surface area contributed by atoms with E-state index in [4.69, 9.17) is 0 Å². The van der Waals surface area contributed by atoms with Gasteiger partial charge in [0, 0.05) is 16.5 Å². The van der Waals surface area contributed by atoms with Crippen molar-refractivity contribution in [2.75, 3.05) is 6.54 Å². The highest BCUT2D eigenvalue weighted by molar-refractivity contribution is 7.10. The number of nitrogens with zero attached hydrogens (tertiary/aromatic N) is 1. The number of nitrogens with one attached hydrogen (secondary N) is 1. The summed E-state index contributed by atoms with van der Waals surface area (Å²) in [6.07, 6.45) is 2.99. The maximum absolute atomic E-state index is 4.48. The lowest BCUT2D eigenvalue weighted by Crippen LogP contribution is -2.23. The summed E-state index contributed by atoms with van der Waals surface area (Å²) < 4.78 is 0. The number of pyridine rings is 1. The first-order valence-electron chi connectivity index (χ1n) is 7.42. The van der Waals surface area contributed by atoms with Gasteiger partial charge in [-0.25, -0.2) is 0 Å². The molecule has 0 bridgehead atoms. The molecule has 3 rings (SSSR count). The molecule has 1 unspecified atom stereocenters. The maximum atomic E-state index is 4.48. The Labute approximate surface area is 129 Å². The third-order valence-electron chi connectivity index (χ3n) is 3.75. The van der Waals surface area contributed by atoms with Gasteiger partial charge in [0.05, 0.1) is 11.6 Å². The first-order valence-corrected chi connectivity index (χ1v) is 8.30. The standard InChI is InChI=1S/C18H20N2S/c1-3-10-20-17(18-13(2)9-12-21-18)15-6-4-8-16-14(15)7-5-11-19-16/h4-9,11-12,17,20H,3,10H2,1-2H3. The Hall–Kier alpha value is -1.71. The van der Waals surface area contributed by atoms with E-state index in [1.165, 1.54) is 21.4 Å². The molecule has 108 valence electrons. The smallest absolute Gasteiger partial charge is 0.0705 e. The van der Waals surface area contributed by atoms with Gasteiger partial charge in [-0.2, -0.15) is 0 Å². The molecule has 0 saturated carbocycles. The van der Waals surface area contributed by atoms with Crippen LogP contribution >= 0.6 is 11.3 Å². The molecule has 1 aromatic carbocycles. The van der Waals surface area contributed by atoms with Crippen molar-refractivity contribution in [3.05, 3.63) is 64.0 Å². The molecule has 21 heavy (non-hydrogen) atoms. The summed E-state index contributed by atoms with van der Waals surface area (Å²) >= 11 is 1.83. The number of aromatic nitrogens is 1. The van der Waals surface area contributed by atoms with Crippen LogP contribution < -0.4 is 5.32 Å². The zero-order valence-corrected chi connectivity index (χ0v) is 13.3. The number of benzene rings is 1. The number of rotatable bonds is 5. The molecule has 3 heteroatoms. The van der Waals surface area contributed by atoms with E-state index in [-0.39, 0.29) is 6.04 Å². The third kappa shape index (κ3) is 2.85. The highest BCUT2D eigenvalue weighted by Crippen LogP contribution is 2.33. The van der Waals surface area contributed by atoms with E-state index in [1.54, 1.807) is 0 Å². The highest BCUT2D eigenvalue weighted by atomic mass is 32.1. The molecule has 0 saturated heterocycles.